The molecule has 9 heteroatoms. The van der Waals surface area contributed by atoms with E-state index in [1.54, 1.807) is 33.8 Å². The van der Waals surface area contributed by atoms with E-state index in [2.05, 4.69) is 5.32 Å². The maximum Gasteiger partial charge on any atom is 0.363 e. The molecule has 1 heterocycles. The van der Waals surface area contributed by atoms with Crippen molar-refractivity contribution in [1.29, 1.82) is 0 Å². The molecule has 0 aromatic heterocycles. The number of carbonyl (C=O) groups is 3. The second kappa shape index (κ2) is 8.65. The van der Waals surface area contributed by atoms with Crippen LogP contribution >= 0.6 is 11.6 Å². The highest BCUT2D eigenvalue weighted by Gasteiger charge is 2.29. The molecule has 0 spiro atoms. The standard InChI is InChI=1S/C18H23BClNO6/c1-5-14(22)21-13-7-10-6-11(20)8-12(15(10)27-19-13)16(23)25-9-26-17(24)18(2,3)4/h6,8,13,19H,5,7,9H2,1-4H3,(H,21,22). The van der Waals surface area contributed by atoms with Crippen molar-refractivity contribution in [2.75, 3.05) is 6.79 Å². The summed E-state index contributed by atoms with van der Waals surface area (Å²) in [6, 6.07) is 3.14. The number of ether oxygens (including phenoxy) is 2. The lowest BCUT2D eigenvalue weighted by atomic mass is 9.79. The van der Waals surface area contributed by atoms with Crippen LogP contribution in [0.4, 0.5) is 0 Å². The maximum absolute atomic E-state index is 12.4. The lowest BCUT2D eigenvalue weighted by Crippen LogP contribution is -2.45. The Morgan fingerprint density at radius 3 is 2.63 bits per heavy atom. The van der Waals surface area contributed by atoms with Crippen molar-refractivity contribution in [3.05, 3.63) is 28.3 Å². The molecule has 1 atom stereocenters. The van der Waals surface area contributed by atoms with E-state index >= 15 is 0 Å². The first-order valence-electron chi connectivity index (χ1n) is 8.70. The molecule has 1 aliphatic heterocycles. The molecule has 0 fully saturated rings. The van der Waals surface area contributed by atoms with Gasteiger partial charge in [0.25, 0.3) is 0 Å². The number of hydrogen-bond acceptors (Lipinski definition) is 6. The minimum Gasteiger partial charge on any atom is -0.561 e. The van der Waals surface area contributed by atoms with E-state index in [0.717, 1.165) is 0 Å². The van der Waals surface area contributed by atoms with E-state index in [-0.39, 0.29) is 24.9 Å². The quantitative estimate of drug-likeness (QED) is 0.467. The number of hydrogen-bond donors (Lipinski definition) is 1. The first-order valence-corrected chi connectivity index (χ1v) is 9.08. The first kappa shape index (κ1) is 21.1. The largest absolute Gasteiger partial charge is 0.561 e. The van der Waals surface area contributed by atoms with Gasteiger partial charge in [-0.2, -0.15) is 0 Å². The molecule has 1 unspecified atom stereocenters. The number of halogens is 1. The molecule has 0 aliphatic carbocycles. The Balaban J connectivity index is 2.07. The van der Waals surface area contributed by atoms with Gasteiger partial charge in [-0.15, -0.1) is 0 Å². The summed E-state index contributed by atoms with van der Waals surface area (Å²) in [6.07, 6.45) is 0.866. The molecule has 1 N–H and O–H groups in total. The van der Waals surface area contributed by atoms with Crippen LogP contribution in [0.25, 0.3) is 0 Å². The molecule has 1 aliphatic rings. The normalized spacial score (nSPS) is 15.7. The topological polar surface area (TPSA) is 90.9 Å². The van der Waals surface area contributed by atoms with E-state index in [1.807, 2.05) is 0 Å². The molecule has 0 bridgehead atoms. The van der Waals surface area contributed by atoms with Crippen molar-refractivity contribution >= 4 is 36.9 Å². The van der Waals surface area contributed by atoms with Gasteiger partial charge in [-0.25, -0.2) is 4.79 Å². The third-order valence-corrected chi connectivity index (χ3v) is 4.14. The summed E-state index contributed by atoms with van der Waals surface area (Å²) in [5.74, 6) is -1.08. The van der Waals surface area contributed by atoms with Crippen molar-refractivity contribution < 1.29 is 28.5 Å². The van der Waals surface area contributed by atoms with Crippen LogP contribution in [0.3, 0.4) is 0 Å². The lowest BCUT2D eigenvalue weighted by Gasteiger charge is -2.26. The van der Waals surface area contributed by atoms with E-state index < -0.39 is 24.1 Å². The zero-order valence-electron chi connectivity index (χ0n) is 15.9. The smallest absolute Gasteiger partial charge is 0.363 e. The molecule has 0 saturated carbocycles. The summed E-state index contributed by atoms with van der Waals surface area (Å²) < 4.78 is 15.7. The van der Waals surface area contributed by atoms with Gasteiger partial charge in [-0.05, 0) is 44.9 Å². The number of esters is 2. The fourth-order valence-corrected chi connectivity index (χ4v) is 2.73. The zero-order valence-corrected chi connectivity index (χ0v) is 16.6. The van der Waals surface area contributed by atoms with Gasteiger partial charge in [0.1, 0.15) is 11.3 Å². The van der Waals surface area contributed by atoms with E-state index in [0.29, 0.717) is 29.2 Å². The highest BCUT2D eigenvalue weighted by atomic mass is 35.5. The highest BCUT2D eigenvalue weighted by molar-refractivity contribution is 6.33. The van der Waals surface area contributed by atoms with Crippen LogP contribution in [0.2, 0.25) is 5.02 Å². The van der Waals surface area contributed by atoms with Crippen LogP contribution in [-0.4, -0.2) is 38.1 Å². The van der Waals surface area contributed by atoms with Crippen molar-refractivity contribution in [1.82, 2.24) is 5.32 Å². The molecule has 1 amide bonds. The van der Waals surface area contributed by atoms with Crippen LogP contribution in [0.1, 0.15) is 50.0 Å². The minimum atomic E-state index is -0.702. The molecule has 27 heavy (non-hydrogen) atoms. The number of carbonyl (C=O) groups excluding carboxylic acids is 3. The van der Waals surface area contributed by atoms with E-state index in [4.69, 9.17) is 25.7 Å². The summed E-state index contributed by atoms with van der Waals surface area (Å²) in [7, 11) is 0.236. The third-order valence-electron chi connectivity index (χ3n) is 3.92. The summed E-state index contributed by atoms with van der Waals surface area (Å²) in [4.78, 5) is 35.7. The van der Waals surface area contributed by atoms with E-state index in [9.17, 15) is 14.4 Å². The van der Waals surface area contributed by atoms with Gasteiger partial charge in [0, 0.05) is 17.4 Å². The van der Waals surface area contributed by atoms with Crippen LogP contribution in [-0.2, 0) is 25.5 Å². The molecule has 0 radical (unpaired) electrons. The summed E-state index contributed by atoms with van der Waals surface area (Å²) in [5.41, 5.74) is 0.168. The van der Waals surface area contributed by atoms with Gasteiger partial charge in [-0.3, -0.25) is 9.59 Å². The zero-order chi connectivity index (χ0) is 20.2. The Morgan fingerprint density at radius 2 is 2.00 bits per heavy atom. The fraction of sp³-hybridized carbons (Fsp3) is 0.500. The van der Waals surface area contributed by atoms with Crippen molar-refractivity contribution in [2.45, 2.75) is 46.5 Å². The lowest BCUT2D eigenvalue weighted by molar-refractivity contribution is -0.161. The van der Waals surface area contributed by atoms with Crippen LogP contribution in [0.5, 0.6) is 5.75 Å². The first-order chi connectivity index (χ1) is 12.6. The second-order valence-corrected chi connectivity index (χ2v) is 7.74. The molecular formula is C18H23BClNO6. The van der Waals surface area contributed by atoms with Gasteiger partial charge in [-0.1, -0.05) is 18.5 Å². The SMILES string of the molecule is CCC(=O)NC1BOc2c(cc(Cl)cc2C(=O)OCOC(=O)C(C)(C)C)C1. The van der Waals surface area contributed by atoms with Gasteiger partial charge < -0.3 is 19.4 Å². The summed E-state index contributed by atoms with van der Waals surface area (Å²) >= 11 is 6.11. The highest BCUT2D eigenvalue weighted by Crippen LogP contribution is 2.32. The number of benzene rings is 1. The van der Waals surface area contributed by atoms with Gasteiger partial charge >= 0.3 is 19.4 Å². The molecular weight excluding hydrogens is 372 g/mol. The van der Waals surface area contributed by atoms with Crippen LogP contribution in [0, 0.1) is 5.41 Å². The number of nitrogens with one attached hydrogen (secondary N) is 1. The molecule has 2 rings (SSSR count). The molecule has 1 aromatic rings. The van der Waals surface area contributed by atoms with Gasteiger partial charge in [0.15, 0.2) is 0 Å². The second-order valence-electron chi connectivity index (χ2n) is 7.31. The maximum atomic E-state index is 12.4. The number of rotatable bonds is 5. The number of amides is 1. The molecule has 1 aromatic carbocycles. The summed E-state index contributed by atoms with van der Waals surface area (Å²) in [5, 5.41) is 3.20. The Kier molecular flexibility index (Phi) is 6.76. The Bertz CT molecular complexity index is 746. The van der Waals surface area contributed by atoms with E-state index in [1.165, 1.54) is 6.07 Å². The number of fused-ring (bicyclic) bond motifs is 1. The van der Waals surface area contributed by atoms with Crippen molar-refractivity contribution in [2.24, 2.45) is 5.41 Å². The van der Waals surface area contributed by atoms with Gasteiger partial charge in [0.05, 0.1) is 5.41 Å². The average molecular weight is 396 g/mol. The predicted molar refractivity (Wildman–Crippen MR) is 101 cm³/mol. The predicted octanol–water partition coefficient (Wildman–Crippen LogP) is 2.18. The van der Waals surface area contributed by atoms with Crippen molar-refractivity contribution in [3.8, 4) is 5.75 Å². The Labute approximate surface area is 164 Å². The van der Waals surface area contributed by atoms with Crippen molar-refractivity contribution in [3.63, 3.8) is 0 Å². The monoisotopic (exact) mass is 395 g/mol. The Morgan fingerprint density at radius 1 is 1.30 bits per heavy atom. The molecule has 146 valence electrons. The van der Waals surface area contributed by atoms with Gasteiger partial charge in [0.2, 0.25) is 12.7 Å². The van der Waals surface area contributed by atoms with Crippen LogP contribution in [0.15, 0.2) is 12.1 Å². The third kappa shape index (κ3) is 5.63. The minimum absolute atomic E-state index is 0.0747. The summed E-state index contributed by atoms with van der Waals surface area (Å²) in [6.45, 7) is 6.38. The van der Waals surface area contributed by atoms with Crippen LogP contribution < -0.4 is 9.97 Å². The fourth-order valence-electron chi connectivity index (χ4n) is 2.49. The molecule has 0 saturated heterocycles. The molecule has 7 nitrogen and oxygen atoms in total. The Hall–Kier alpha value is -2.22. The average Bonchev–Trinajstić information content (AvgIpc) is 2.59.